The summed E-state index contributed by atoms with van der Waals surface area (Å²) in [6.45, 7) is 3.44. The summed E-state index contributed by atoms with van der Waals surface area (Å²) in [5.74, 6) is -1.24. The minimum atomic E-state index is -0.942. The van der Waals surface area contributed by atoms with E-state index in [1.54, 1.807) is 12.3 Å². The number of hydrogen-bond donors (Lipinski definition) is 1. The zero-order chi connectivity index (χ0) is 13.0. The van der Waals surface area contributed by atoms with Gasteiger partial charge in [0.05, 0.1) is 6.42 Å². The number of esters is 1. The summed E-state index contributed by atoms with van der Waals surface area (Å²) in [5.41, 5.74) is 5.76. The highest BCUT2D eigenvalue weighted by Crippen LogP contribution is 2.02. The monoisotopic (exact) mass is 258 g/mol. The third-order valence-corrected chi connectivity index (χ3v) is 3.11. The second-order valence-corrected chi connectivity index (χ2v) is 4.40. The van der Waals surface area contributed by atoms with Gasteiger partial charge in [-0.05, 0) is 13.8 Å². The van der Waals surface area contributed by atoms with Gasteiger partial charge in [-0.1, -0.05) is 11.3 Å². The predicted molar refractivity (Wildman–Crippen MR) is 62.7 cm³/mol. The zero-order valence-corrected chi connectivity index (χ0v) is 10.5. The van der Waals surface area contributed by atoms with Crippen LogP contribution in [0.2, 0.25) is 0 Å². The number of carbonyl (C=O) groups is 2. The summed E-state index contributed by atoms with van der Waals surface area (Å²) >= 11 is 1.08. The molecular weight excluding hydrogens is 244 g/mol. The Morgan fingerprint density at radius 2 is 2.24 bits per heavy atom. The molecule has 0 aliphatic carbocycles. The van der Waals surface area contributed by atoms with Crippen molar-refractivity contribution in [2.45, 2.75) is 32.9 Å². The summed E-state index contributed by atoms with van der Waals surface area (Å²) in [6.07, 6.45) is -0.905. The first-order valence-electron chi connectivity index (χ1n) is 5.05. The number of amides is 1. The Morgan fingerprint density at radius 1 is 1.59 bits per heavy atom. The van der Waals surface area contributed by atoms with Gasteiger partial charge >= 0.3 is 10.8 Å². The number of nitrogens with two attached hydrogens (primary N) is 1. The molecule has 2 N–H and O–H groups in total. The maximum Gasteiger partial charge on any atom is 0.308 e. The number of nitrogens with zero attached hydrogens (tertiary/aromatic N) is 1. The lowest BCUT2D eigenvalue weighted by molar-refractivity contribution is -0.154. The average Bonchev–Trinajstić information content (AvgIpc) is 2.56. The Hall–Kier alpha value is -1.63. The lowest BCUT2D eigenvalue weighted by Crippen LogP contribution is -2.31. The summed E-state index contributed by atoms with van der Waals surface area (Å²) in [5, 5.41) is 1.72. The Kier molecular flexibility index (Phi) is 4.45. The molecular formula is C10H14N2O4S. The Labute approximate surface area is 102 Å². The van der Waals surface area contributed by atoms with Crippen LogP contribution in [0.5, 0.6) is 0 Å². The van der Waals surface area contributed by atoms with E-state index in [0.29, 0.717) is 0 Å². The van der Waals surface area contributed by atoms with Crippen LogP contribution in [0, 0.1) is 6.92 Å². The molecule has 0 unspecified atom stereocenters. The first kappa shape index (κ1) is 13.4. The molecule has 0 radical (unpaired) electrons. The van der Waals surface area contributed by atoms with E-state index < -0.39 is 18.0 Å². The largest absolute Gasteiger partial charge is 0.453 e. The number of rotatable bonds is 5. The van der Waals surface area contributed by atoms with Crippen molar-refractivity contribution in [2.75, 3.05) is 0 Å². The second-order valence-electron chi connectivity index (χ2n) is 3.58. The fourth-order valence-electron chi connectivity index (χ4n) is 1.19. The maximum absolute atomic E-state index is 11.3. The molecule has 0 saturated heterocycles. The van der Waals surface area contributed by atoms with Crippen LogP contribution in [0.1, 0.15) is 19.0 Å². The average molecular weight is 258 g/mol. The first-order valence-corrected chi connectivity index (χ1v) is 5.93. The molecule has 0 spiro atoms. The lowest BCUT2D eigenvalue weighted by Gasteiger charge is -2.09. The predicted octanol–water partition coefficient (Wildman–Crippen LogP) is 0.0253. The number of thiazole rings is 1. The summed E-state index contributed by atoms with van der Waals surface area (Å²) in [6, 6.07) is 0. The van der Waals surface area contributed by atoms with Crippen LogP contribution < -0.4 is 10.6 Å². The Balaban J connectivity index is 2.49. The summed E-state index contributed by atoms with van der Waals surface area (Å²) < 4.78 is 6.25. The standard InChI is InChI=1S/C10H14N2O4S/c1-6-5-17-10(15)12(6)4-3-8(13)16-7(2)9(11)14/h5,7H,3-4H2,1-2H3,(H2,11,14)/t7-/m0/s1. The number of aryl methyl sites for hydroxylation is 1. The molecule has 0 bridgehead atoms. The highest BCUT2D eigenvalue weighted by molar-refractivity contribution is 7.07. The molecule has 1 aromatic rings. The molecule has 0 aromatic carbocycles. The van der Waals surface area contributed by atoms with Crippen LogP contribution in [0.15, 0.2) is 10.2 Å². The van der Waals surface area contributed by atoms with Gasteiger partial charge in [-0.15, -0.1) is 0 Å². The van der Waals surface area contributed by atoms with Crippen molar-refractivity contribution in [3.05, 3.63) is 20.7 Å². The molecule has 0 aliphatic heterocycles. The van der Waals surface area contributed by atoms with Crippen LogP contribution in [0.25, 0.3) is 0 Å². The summed E-state index contributed by atoms with van der Waals surface area (Å²) in [7, 11) is 0. The molecule has 0 fully saturated rings. The summed E-state index contributed by atoms with van der Waals surface area (Å²) in [4.78, 5) is 33.2. The third-order valence-electron chi connectivity index (χ3n) is 2.22. The van der Waals surface area contributed by atoms with E-state index >= 15 is 0 Å². The minimum absolute atomic E-state index is 0.0368. The van der Waals surface area contributed by atoms with Crippen molar-refractivity contribution in [1.29, 1.82) is 0 Å². The molecule has 1 rings (SSSR count). The number of carbonyl (C=O) groups excluding carboxylic acids is 2. The van der Waals surface area contributed by atoms with Crippen LogP contribution in [0.4, 0.5) is 0 Å². The van der Waals surface area contributed by atoms with Gasteiger partial charge in [-0.3, -0.25) is 14.4 Å². The molecule has 1 atom stereocenters. The molecule has 0 saturated carbocycles. The van der Waals surface area contributed by atoms with E-state index in [0.717, 1.165) is 17.0 Å². The highest BCUT2D eigenvalue weighted by Gasteiger charge is 2.14. The fourth-order valence-corrected chi connectivity index (χ4v) is 1.95. The van der Waals surface area contributed by atoms with Gasteiger partial charge in [0.2, 0.25) is 0 Å². The van der Waals surface area contributed by atoms with E-state index in [9.17, 15) is 14.4 Å². The van der Waals surface area contributed by atoms with Crippen molar-refractivity contribution in [1.82, 2.24) is 4.57 Å². The van der Waals surface area contributed by atoms with E-state index in [2.05, 4.69) is 0 Å². The van der Waals surface area contributed by atoms with Crippen molar-refractivity contribution < 1.29 is 14.3 Å². The van der Waals surface area contributed by atoms with Gasteiger partial charge in [0.1, 0.15) is 0 Å². The lowest BCUT2D eigenvalue weighted by atomic mass is 10.3. The van der Waals surface area contributed by atoms with Crippen molar-refractivity contribution in [3.8, 4) is 0 Å². The second kappa shape index (κ2) is 5.62. The molecule has 1 amide bonds. The number of ether oxygens (including phenoxy) is 1. The molecule has 1 heterocycles. The molecule has 6 nitrogen and oxygen atoms in total. The smallest absolute Gasteiger partial charge is 0.308 e. The SMILES string of the molecule is Cc1csc(=O)n1CCC(=O)O[C@@H](C)C(N)=O. The molecule has 1 aromatic heterocycles. The number of hydrogen-bond acceptors (Lipinski definition) is 5. The van der Waals surface area contributed by atoms with E-state index in [4.69, 9.17) is 10.5 Å². The van der Waals surface area contributed by atoms with Crippen LogP contribution in [-0.4, -0.2) is 22.5 Å². The molecule has 94 valence electrons. The third kappa shape index (κ3) is 3.70. The number of primary amides is 1. The van der Waals surface area contributed by atoms with E-state index in [-0.39, 0.29) is 17.8 Å². The topological polar surface area (TPSA) is 91.4 Å². The fraction of sp³-hybridized carbons (Fsp3) is 0.500. The number of aromatic nitrogens is 1. The van der Waals surface area contributed by atoms with Gasteiger partial charge < -0.3 is 15.0 Å². The zero-order valence-electron chi connectivity index (χ0n) is 9.63. The molecule has 17 heavy (non-hydrogen) atoms. The van der Waals surface area contributed by atoms with Crippen LogP contribution in [0.3, 0.4) is 0 Å². The normalized spacial score (nSPS) is 12.1. The Bertz CT molecular complexity index is 477. The van der Waals surface area contributed by atoms with E-state index in [1.165, 1.54) is 11.5 Å². The van der Waals surface area contributed by atoms with Crippen molar-refractivity contribution >= 4 is 23.2 Å². The highest BCUT2D eigenvalue weighted by atomic mass is 32.1. The van der Waals surface area contributed by atoms with Gasteiger partial charge in [0, 0.05) is 17.6 Å². The first-order chi connectivity index (χ1) is 7.91. The maximum atomic E-state index is 11.3. The van der Waals surface area contributed by atoms with Crippen molar-refractivity contribution in [3.63, 3.8) is 0 Å². The van der Waals surface area contributed by atoms with E-state index in [1.807, 2.05) is 0 Å². The molecule has 0 aliphatic rings. The van der Waals surface area contributed by atoms with Crippen LogP contribution in [-0.2, 0) is 20.9 Å². The quantitative estimate of drug-likeness (QED) is 0.754. The van der Waals surface area contributed by atoms with Crippen molar-refractivity contribution in [2.24, 2.45) is 5.73 Å². The van der Waals surface area contributed by atoms with Gasteiger partial charge in [0.15, 0.2) is 6.10 Å². The minimum Gasteiger partial charge on any atom is -0.453 e. The molecule has 7 heteroatoms. The Morgan fingerprint density at radius 3 is 2.71 bits per heavy atom. The van der Waals surface area contributed by atoms with Crippen LogP contribution >= 0.6 is 11.3 Å². The van der Waals surface area contributed by atoms with Gasteiger partial charge in [0.25, 0.3) is 5.91 Å². The van der Waals surface area contributed by atoms with Gasteiger partial charge in [-0.25, -0.2) is 0 Å². The van der Waals surface area contributed by atoms with Gasteiger partial charge in [-0.2, -0.15) is 0 Å².